The average molecular weight is 297 g/mol. The molecule has 0 aromatic heterocycles. The quantitative estimate of drug-likeness (QED) is 0.947. The van der Waals surface area contributed by atoms with Crippen LogP contribution in [0, 0.1) is 0 Å². The fourth-order valence-corrected chi connectivity index (χ4v) is 2.81. The van der Waals surface area contributed by atoms with E-state index in [1.165, 1.54) is 0 Å². The topological polar surface area (TPSA) is 49.8 Å². The van der Waals surface area contributed by atoms with Crippen molar-refractivity contribution in [3.8, 4) is 0 Å². The highest BCUT2D eigenvalue weighted by molar-refractivity contribution is 5.69. The molecule has 0 spiro atoms. The average Bonchev–Trinajstić information content (AvgIpc) is 2.96. The first kappa shape index (κ1) is 14.6. The van der Waals surface area contributed by atoms with Gasteiger partial charge in [-0.1, -0.05) is 60.7 Å². The number of hydrogen-bond donors (Lipinski definition) is 1. The maximum atomic E-state index is 12.3. The van der Waals surface area contributed by atoms with Gasteiger partial charge in [-0.2, -0.15) is 0 Å². The fraction of sp³-hybridized carbons (Fsp3) is 0.278. The van der Waals surface area contributed by atoms with Crippen molar-refractivity contribution in [3.05, 3.63) is 71.8 Å². The predicted octanol–water partition coefficient (Wildman–Crippen LogP) is 3.13. The monoisotopic (exact) mass is 297 g/mol. The van der Waals surface area contributed by atoms with E-state index in [4.69, 9.17) is 4.74 Å². The van der Waals surface area contributed by atoms with Gasteiger partial charge >= 0.3 is 6.09 Å². The summed E-state index contributed by atoms with van der Waals surface area (Å²) in [5, 5.41) is 9.92. The first-order valence-corrected chi connectivity index (χ1v) is 7.44. The van der Waals surface area contributed by atoms with Gasteiger partial charge in [0.05, 0.1) is 18.7 Å². The van der Waals surface area contributed by atoms with Gasteiger partial charge in [-0.25, -0.2) is 4.79 Å². The summed E-state index contributed by atoms with van der Waals surface area (Å²) in [5.74, 6) is 0. The minimum Gasteiger partial charge on any atom is -0.445 e. The molecule has 22 heavy (non-hydrogen) atoms. The molecule has 1 heterocycles. The molecule has 114 valence electrons. The zero-order valence-corrected chi connectivity index (χ0v) is 12.3. The van der Waals surface area contributed by atoms with Crippen molar-refractivity contribution < 1.29 is 14.6 Å². The van der Waals surface area contributed by atoms with Crippen LogP contribution in [0.15, 0.2) is 60.7 Å². The van der Waals surface area contributed by atoms with Crippen molar-refractivity contribution in [1.82, 2.24) is 4.90 Å². The van der Waals surface area contributed by atoms with Gasteiger partial charge in [0.15, 0.2) is 0 Å². The van der Waals surface area contributed by atoms with Crippen molar-refractivity contribution in [2.45, 2.75) is 25.2 Å². The molecule has 2 aromatic carbocycles. The molecule has 1 aliphatic heterocycles. The molecule has 4 heteroatoms. The SMILES string of the molecule is O=C(OCc1ccccc1)N1C[C@H](O)C[C@H]1c1ccccc1. The number of aliphatic hydroxyl groups is 1. The molecular formula is C18H19NO3. The number of hydrogen-bond acceptors (Lipinski definition) is 3. The largest absolute Gasteiger partial charge is 0.445 e. The standard InChI is InChI=1S/C18H19NO3/c20-16-11-17(15-9-5-2-6-10-15)19(12-16)18(21)22-13-14-7-3-1-4-8-14/h1-10,16-17,20H,11-13H2/t16-,17+/m1/s1. The van der Waals surface area contributed by atoms with Gasteiger partial charge in [-0.05, 0) is 17.5 Å². The molecule has 1 amide bonds. The molecule has 1 fully saturated rings. The van der Waals surface area contributed by atoms with Crippen molar-refractivity contribution in [2.24, 2.45) is 0 Å². The Hall–Kier alpha value is -2.33. The van der Waals surface area contributed by atoms with E-state index in [0.717, 1.165) is 11.1 Å². The summed E-state index contributed by atoms with van der Waals surface area (Å²) in [6.07, 6.45) is -0.339. The molecule has 0 aliphatic carbocycles. The first-order chi connectivity index (χ1) is 10.7. The third kappa shape index (κ3) is 3.28. The highest BCUT2D eigenvalue weighted by atomic mass is 16.6. The van der Waals surface area contributed by atoms with Crippen LogP contribution in [0.5, 0.6) is 0 Å². The van der Waals surface area contributed by atoms with E-state index in [2.05, 4.69) is 0 Å². The summed E-state index contributed by atoms with van der Waals surface area (Å²) >= 11 is 0. The Labute approximate surface area is 130 Å². The van der Waals surface area contributed by atoms with Crippen molar-refractivity contribution in [1.29, 1.82) is 0 Å². The van der Waals surface area contributed by atoms with Crippen LogP contribution in [0.4, 0.5) is 4.79 Å². The van der Waals surface area contributed by atoms with E-state index in [-0.39, 0.29) is 18.7 Å². The minimum atomic E-state index is -0.505. The number of carbonyl (C=O) groups is 1. The highest BCUT2D eigenvalue weighted by Crippen LogP contribution is 2.32. The molecule has 3 rings (SSSR count). The lowest BCUT2D eigenvalue weighted by molar-refractivity contribution is 0.0876. The number of benzene rings is 2. The molecule has 2 atom stereocenters. The smallest absolute Gasteiger partial charge is 0.410 e. The minimum absolute atomic E-state index is 0.125. The van der Waals surface area contributed by atoms with E-state index < -0.39 is 6.10 Å². The Bertz CT molecular complexity index is 615. The van der Waals surface area contributed by atoms with Gasteiger partial charge in [0.1, 0.15) is 6.61 Å². The van der Waals surface area contributed by atoms with E-state index in [9.17, 15) is 9.90 Å². The van der Waals surface area contributed by atoms with Gasteiger partial charge in [-0.15, -0.1) is 0 Å². The molecule has 4 nitrogen and oxygen atoms in total. The van der Waals surface area contributed by atoms with E-state index in [1.54, 1.807) is 4.90 Å². The number of nitrogens with zero attached hydrogens (tertiary/aromatic N) is 1. The molecule has 0 radical (unpaired) electrons. The lowest BCUT2D eigenvalue weighted by atomic mass is 10.0. The molecule has 0 unspecified atom stereocenters. The fourth-order valence-electron chi connectivity index (χ4n) is 2.81. The number of aliphatic hydroxyl groups excluding tert-OH is 1. The summed E-state index contributed by atoms with van der Waals surface area (Å²) < 4.78 is 5.39. The van der Waals surface area contributed by atoms with E-state index in [1.807, 2.05) is 60.7 Å². The van der Waals surface area contributed by atoms with Crippen molar-refractivity contribution in [3.63, 3.8) is 0 Å². The molecule has 0 saturated carbocycles. The Morgan fingerprint density at radius 2 is 1.73 bits per heavy atom. The Kier molecular flexibility index (Phi) is 4.39. The van der Waals surface area contributed by atoms with Gasteiger partial charge in [0, 0.05) is 0 Å². The molecule has 1 N–H and O–H groups in total. The van der Waals surface area contributed by atoms with Crippen LogP contribution in [0.2, 0.25) is 0 Å². The van der Waals surface area contributed by atoms with Gasteiger partial charge in [0.2, 0.25) is 0 Å². The number of likely N-dealkylation sites (tertiary alicyclic amines) is 1. The zero-order valence-electron chi connectivity index (χ0n) is 12.3. The van der Waals surface area contributed by atoms with Crippen LogP contribution in [-0.4, -0.2) is 28.7 Å². The summed E-state index contributed by atoms with van der Waals surface area (Å²) in [6, 6.07) is 19.2. The van der Waals surface area contributed by atoms with E-state index >= 15 is 0 Å². The lowest BCUT2D eigenvalue weighted by Crippen LogP contribution is -2.32. The van der Waals surface area contributed by atoms with Gasteiger partial charge in [0.25, 0.3) is 0 Å². The molecule has 0 bridgehead atoms. The summed E-state index contributed by atoms with van der Waals surface area (Å²) in [5.41, 5.74) is 1.97. The number of carbonyl (C=O) groups excluding carboxylic acids is 1. The highest BCUT2D eigenvalue weighted by Gasteiger charge is 2.36. The second-order valence-corrected chi connectivity index (χ2v) is 5.51. The van der Waals surface area contributed by atoms with Gasteiger partial charge < -0.3 is 9.84 Å². The van der Waals surface area contributed by atoms with Crippen LogP contribution >= 0.6 is 0 Å². The van der Waals surface area contributed by atoms with Gasteiger partial charge in [-0.3, -0.25) is 4.90 Å². The number of amides is 1. The van der Waals surface area contributed by atoms with Crippen LogP contribution in [0.1, 0.15) is 23.6 Å². The van der Waals surface area contributed by atoms with Crippen molar-refractivity contribution in [2.75, 3.05) is 6.54 Å². The molecule has 1 saturated heterocycles. The number of rotatable bonds is 3. The third-order valence-electron chi connectivity index (χ3n) is 3.90. The van der Waals surface area contributed by atoms with Crippen LogP contribution < -0.4 is 0 Å². The molecule has 1 aliphatic rings. The maximum Gasteiger partial charge on any atom is 0.410 e. The normalized spacial score (nSPS) is 20.9. The predicted molar refractivity (Wildman–Crippen MR) is 83.1 cm³/mol. The summed E-state index contributed by atoms with van der Waals surface area (Å²) in [6.45, 7) is 0.557. The first-order valence-electron chi connectivity index (χ1n) is 7.44. The van der Waals surface area contributed by atoms with Crippen LogP contribution in [0.3, 0.4) is 0 Å². The summed E-state index contributed by atoms with van der Waals surface area (Å²) in [4.78, 5) is 14.0. The summed E-state index contributed by atoms with van der Waals surface area (Å²) in [7, 11) is 0. The van der Waals surface area contributed by atoms with Crippen LogP contribution in [-0.2, 0) is 11.3 Å². The lowest BCUT2D eigenvalue weighted by Gasteiger charge is -2.24. The Morgan fingerprint density at radius 1 is 1.09 bits per heavy atom. The Balaban J connectivity index is 1.67. The number of β-amino-alcohol motifs (C(OH)–C–C–N with tert-alkyl or cyclic N) is 1. The van der Waals surface area contributed by atoms with Crippen LogP contribution in [0.25, 0.3) is 0 Å². The van der Waals surface area contributed by atoms with E-state index in [0.29, 0.717) is 13.0 Å². The second-order valence-electron chi connectivity index (χ2n) is 5.51. The second kappa shape index (κ2) is 6.62. The zero-order chi connectivity index (χ0) is 15.4. The third-order valence-corrected chi connectivity index (χ3v) is 3.90. The van der Waals surface area contributed by atoms with Crippen molar-refractivity contribution >= 4 is 6.09 Å². The molecular weight excluding hydrogens is 278 g/mol. The Morgan fingerprint density at radius 3 is 2.41 bits per heavy atom. The number of ether oxygens (including phenoxy) is 1. The molecule has 2 aromatic rings. The maximum absolute atomic E-state index is 12.3.